The molecule has 0 saturated carbocycles. The Morgan fingerprint density at radius 3 is 2.93 bits per heavy atom. The molecule has 9 heteroatoms. The molecule has 3 N–H and O–H groups in total. The summed E-state index contributed by atoms with van der Waals surface area (Å²) < 4.78 is 29.3. The number of carbonyl (C=O) groups is 1. The van der Waals surface area contributed by atoms with Crippen molar-refractivity contribution in [2.75, 3.05) is 13.1 Å². The second-order valence-electron chi connectivity index (χ2n) is 6.58. The van der Waals surface area contributed by atoms with Crippen LogP contribution in [0.1, 0.15) is 30.1 Å². The quantitative estimate of drug-likeness (QED) is 0.806. The van der Waals surface area contributed by atoms with E-state index in [1.165, 1.54) is 18.3 Å². The minimum atomic E-state index is -2.91. The lowest BCUT2D eigenvalue weighted by atomic mass is 9.91. The number of likely N-dealkylation sites (tertiary alicyclic amines) is 1. The first-order valence-corrected chi connectivity index (χ1v) is 8.59. The molecule has 1 aliphatic rings. The monoisotopic (exact) mass is 400 g/mol. The zero-order chi connectivity index (χ0) is 18.7. The summed E-state index contributed by atoms with van der Waals surface area (Å²) in [6.45, 7) is 0.324. The summed E-state index contributed by atoms with van der Waals surface area (Å²) in [6, 6.07) is 6.22. The lowest BCUT2D eigenvalue weighted by molar-refractivity contribution is -0.0498. The molecular weight excluding hydrogens is 378 g/mol. The Bertz CT molecular complexity index is 769. The number of alkyl halides is 2. The molecule has 0 spiro atoms. The molecule has 1 fully saturated rings. The Morgan fingerprint density at radius 1 is 1.44 bits per heavy atom. The number of aromatic nitrogens is 2. The maximum Gasteiger partial charge on any atom is 0.387 e. The van der Waals surface area contributed by atoms with Gasteiger partial charge in [-0.25, -0.2) is 0 Å². The average molecular weight is 401 g/mol. The number of H-pyrrole nitrogens is 1. The molecule has 2 heterocycles. The fourth-order valence-electron chi connectivity index (χ4n) is 3.29. The number of benzene rings is 1. The van der Waals surface area contributed by atoms with Gasteiger partial charge in [-0.05, 0) is 37.8 Å². The molecule has 1 aliphatic heterocycles. The van der Waals surface area contributed by atoms with E-state index in [4.69, 9.17) is 5.73 Å². The van der Waals surface area contributed by atoms with Crippen LogP contribution in [0.3, 0.4) is 0 Å². The van der Waals surface area contributed by atoms with Gasteiger partial charge in [-0.2, -0.15) is 13.9 Å². The van der Waals surface area contributed by atoms with Gasteiger partial charge in [0.15, 0.2) is 0 Å². The molecule has 0 aliphatic carbocycles. The van der Waals surface area contributed by atoms with E-state index in [1.54, 1.807) is 17.0 Å². The largest absolute Gasteiger partial charge is 0.435 e. The van der Waals surface area contributed by atoms with Crippen LogP contribution in [0.15, 0.2) is 30.5 Å². The number of ether oxygens (including phenoxy) is 1. The summed E-state index contributed by atoms with van der Waals surface area (Å²) >= 11 is 0. The number of amides is 1. The number of nitrogens with two attached hydrogens (primary N) is 1. The van der Waals surface area contributed by atoms with Crippen molar-refractivity contribution in [3.05, 3.63) is 36.0 Å². The highest BCUT2D eigenvalue weighted by molar-refractivity contribution is 5.99. The van der Waals surface area contributed by atoms with Crippen molar-refractivity contribution < 1.29 is 18.3 Å². The zero-order valence-electron chi connectivity index (χ0n) is 14.9. The summed E-state index contributed by atoms with van der Waals surface area (Å²) in [5.74, 6) is 0.158. The molecule has 1 saturated heterocycles. The number of hydrogen-bond acceptors (Lipinski definition) is 4. The Balaban J connectivity index is 0.00000261. The molecule has 0 radical (unpaired) electrons. The maximum atomic E-state index is 13.0. The first-order chi connectivity index (χ1) is 12.5. The van der Waals surface area contributed by atoms with Crippen molar-refractivity contribution in [2.24, 2.45) is 11.7 Å². The molecule has 1 aromatic heterocycles. The molecule has 2 atom stereocenters. The normalized spacial score (nSPS) is 18.1. The summed E-state index contributed by atoms with van der Waals surface area (Å²) in [4.78, 5) is 14.7. The van der Waals surface area contributed by atoms with Gasteiger partial charge >= 0.3 is 6.61 Å². The molecule has 27 heavy (non-hydrogen) atoms. The fraction of sp³-hybridized carbons (Fsp3) is 0.444. The summed E-state index contributed by atoms with van der Waals surface area (Å²) in [5.41, 5.74) is 7.44. The van der Waals surface area contributed by atoms with E-state index in [9.17, 15) is 13.6 Å². The van der Waals surface area contributed by atoms with Crippen LogP contribution >= 0.6 is 12.4 Å². The van der Waals surface area contributed by atoms with Gasteiger partial charge < -0.3 is 15.4 Å². The predicted molar refractivity (Wildman–Crippen MR) is 100 cm³/mol. The van der Waals surface area contributed by atoms with Crippen molar-refractivity contribution in [3.63, 3.8) is 0 Å². The third-order valence-corrected chi connectivity index (χ3v) is 4.71. The minimum absolute atomic E-state index is 0. The number of nitrogens with zero attached hydrogens (tertiary/aromatic N) is 2. The van der Waals surface area contributed by atoms with Crippen molar-refractivity contribution >= 4 is 18.3 Å². The van der Waals surface area contributed by atoms with E-state index in [-0.39, 0.29) is 36.0 Å². The molecule has 0 bridgehead atoms. The highest BCUT2D eigenvalue weighted by Gasteiger charge is 2.28. The Labute approximate surface area is 162 Å². The summed E-state index contributed by atoms with van der Waals surface area (Å²) in [7, 11) is 0. The van der Waals surface area contributed by atoms with E-state index in [1.807, 2.05) is 6.92 Å². The van der Waals surface area contributed by atoms with Crippen LogP contribution in [0.4, 0.5) is 8.78 Å². The van der Waals surface area contributed by atoms with Gasteiger partial charge in [0.2, 0.25) is 0 Å². The van der Waals surface area contributed by atoms with Crippen LogP contribution in [0, 0.1) is 5.92 Å². The van der Waals surface area contributed by atoms with Gasteiger partial charge in [-0.3, -0.25) is 9.89 Å². The van der Waals surface area contributed by atoms with Crippen molar-refractivity contribution in [1.82, 2.24) is 15.1 Å². The van der Waals surface area contributed by atoms with Crippen LogP contribution in [-0.2, 0) is 0 Å². The Hall–Kier alpha value is -2.19. The number of carbonyl (C=O) groups excluding carboxylic acids is 1. The van der Waals surface area contributed by atoms with Crippen molar-refractivity contribution in [1.29, 1.82) is 0 Å². The summed E-state index contributed by atoms with van der Waals surface area (Å²) in [5, 5.41) is 6.76. The maximum absolute atomic E-state index is 13.0. The average Bonchev–Trinajstić information content (AvgIpc) is 3.10. The minimum Gasteiger partial charge on any atom is -0.435 e. The van der Waals surface area contributed by atoms with Gasteiger partial charge in [-0.15, -0.1) is 12.4 Å². The number of piperidine rings is 1. The smallest absolute Gasteiger partial charge is 0.387 e. The molecule has 2 aromatic rings. The number of hydrogen-bond donors (Lipinski definition) is 2. The van der Waals surface area contributed by atoms with E-state index >= 15 is 0 Å². The number of aromatic amines is 1. The van der Waals surface area contributed by atoms with Crippen LogP contribution < -0.4 is 10.5 Å². The van der Waals surface area contributed by atoms with Gasteiger partial charge in [0.1, 0.15) is 5.75 Å². The molecule has 148 valence electrons. The highest BCUT2D eigenvalue weighted by Crippen LogP contribution is 2.28. The third-order valence-electron chi connectivity index (χ3n) is 4.71. The van der Waals surface area contributed by atoms with Crippen molar-refractivity contribution in [3.8, 4) is 17.0 Å². The lowest BCUT2D eigenvalue weighted by Crippen LogP contribution is -2.45. The van der Waals surface area contributed by atoms with Crippen LogP contribution in [0.5, 0.6) is 5.75 Å². The van der Waals surface area contributed by atoms with Gasteiger partial charge in [-0.1, -0.05) is 12.1 Å². The van der Waals surface area contributed by atoms with Crippen LogP contribution in [-0.4, -0.2) is 46.7 Å². The molecule has 3 rings (SSSR count). The second kappa shape index (κ2) is 9.14. The molecule has 2 unspecified atom stereocenters. The number of rotatable bonds is 5. The number of nitrogens with one attached hydrogen (secondary N) is 1. The fourth-order valence-corrected chi connectivity index (χ4v) is 3.29. The first kappa shape index (κ1) is 21.1. The van der Waals surface area contributed by atoms with Crippen LogP contribution in [0.25, 0.3) is 11.3 Å². The number of halogens is 3. The summed E-state index contributed by atoms with van der Waals surface area (Å²) in [6.07, 6.45) is 3.38. The highest BCUT2D eigenvalue weighted by atomic mass is 35.5. The topological polar surface area (TPSA) is 84.2 Å². The van der Waals surface area contributed by atoms with Crippen LogP contribution in [0.2, 0.25) is 0 Å². The molecule has 1 aromatic carbocycles. The lowest BCUT2D eigenvalue weighted by Gasteiger charge is -2.34. The van der Waals surface area contributed by atoms with E-state index in [0.29, 0.717) is 29.9 Å². The SMILES string of the molecule is CC(N)C1CCCN(C(=O)c2cn[nH]c2-c2cccc(OC(F)F)c2)C1.Cl. The Morgan fingerprint density at radius 2 is 2.22 bits per heavy atom. The standard InChI is InChI=1S/C18H22F2N4O2.ClH/c1-11(21)13-5-3-7-24(10-13)17(25)15-9-22-23-16(15)12-4-2-6-14(8-12)26-18(19)20;/h2,4,6,8-9,11,13,18H,3,5,7,10,21H2,1H3,(H,22,23);1H. The molecule has 1 amide bonds. The van der Waals surface area contributed by atoms with Crippen molar-refractivity contribution in [2.45, 2.75) is 32.4 Å². The first-order valence-electron chi connectivity index (χ1n) is 8.59. The van der Waals surface area contributed by atoms with E-state index in [2.05, 4.69) is 14.9 Å². The molecular formula is C18H23ClF2N4O2. The zero-order valence-corrected chi connectivity index (χ0v) is 15.7. The van der Waals surface area contributed by atoms with Gasteiger partial charge in [0.05, 0.1) is 17.5 Å². The Kier molecular flexibility index (Phi) is 7.15. The van der Waals surface area contributed by atoms with Gasteiger partial charge in [0, 0.05) is 24.7 Å². The third kappa shape index (κ3) is 4.95. The molecule has 6 nitrogen and oxygen atoms in total. The van der Waals surface area contributed by atoms with E-state index < -0.39 is 6.61 Å². The van der Waals surface area contributed by atoms with Gasteiger partial charge in [0.25, 0.3) is 5.91 Å². The van der Waals surface area contributed by atoms with E-state index in [0.717, 1.165) is 12.8 Å². The second-order valence-corrected chi connectivity index (χ2v) is 6.58. The predicted octanol–water partition coefficient (Wildman–Crippen LogP) is 3.30.